The number of carbonyl (C=O) groups excluding carboxylic acids is 1. The molecule has 0 amide bonds. The lowest BCUT2D eigenvalue weighted by atomic mass is 10.0. The Morgan fingerprint density at radius 1 is 0.939 bits per heavy atom. The second kappa shape index (κ2) is 7.94. The lowest BCUT2D eigenvalue weighted by Crippen LogP contribution is -2.10. The number of hydrogen-bond donors (Lipinski definition) is 0. The Labute approximate surface area is 186 Å². The number of para-hydroxylation sites is 1. The van der Waals surface area contributed by atoms with E-state index in [1.807, 2.05) is 12.1 Å². The van der Waals surface area contributed by atoms with Crippen LogP contribution in [0.25, 0.3) is 33.3 Å². The van der Waals surface area contributed by atoms with Gasteiger partial charge in [-0.25, -0.2) is 14.0 Å². The number of carbonyl (C=O) groups is 1. The van der Waals surface area contributed by atoms with E-state index in [1.54, 1.807) is 38.3 Å². The van der Waals surface area contributed by atoms with Crippen LogP contribution in [0.5, 0.6) is 11.5 Å². The number of aryl methyl sites for hydroxylation is 1. The first-order chi connectivity index (χ1) is 15.9. The van der Waals surface area contributed by atoms with Gasteiger partial charge in [-0.1, -0.05) is 18.2 Å². The predicted octanol–water partition coefficient (Wildman–Crippen LogP) is 5.88. The maximum absolute atomic E-state index is 13.5. The minimum Gasteiger partial charge on any atom is -0.493 e. The Bertz CT molecular complexity index is 1590. The van der Waals surface area contributed by atoms with E-state index >= 15 is 0 Å². The maximum atomic E-state index is 13.5. The number of esters is 1. The highest BCUT2D eigenvalue weighted by Crippen LogP contribution is 2.37. The molecule has 0 bridgehead atoms. The van der Waals surface area contributed by atoms with Crippen molar-refractivity contribution in [3.05, 3.63) is 94.1 Å². The fourth-order valence-corrected chi connectivity index (χ4v) is 3.71. The van der Waals surface area contributed by atoms with Gasteiger partial charge >= 0.3 is 11.6 Å². The minimum atomic E-state index is -0.704. The van der Waals surface area contributed by atoms with Gasteiger partial charge in [0.2, 0.25) is 0 Å². The number of benzene rings is 3. The van der Waals surface area contributed by atoms with Gasteiger partial charge in [0.1, 0.15) is 22.9 Å². The summed E-state index contributed by atoms with van der Waals surface area (Å²) >= 11 is 0. The highest BCUT2D eigenvalue weighted by molar-refractivity contribution is 5.97. The Hall–Kier alpha value is -4.39. The van der Waals surface area contributed by atoms with Gasteiger partial charge in [0.05, 0.1) is 12.7 Å². The van der Waals surface area contributed by atoms with Gasteiger partial charge in [0.15, 0.2) is 11.3 Å². The molecule has 0 saturated heterocycles. The van der Waals surface area contributed by atoms with E-state index in [0.29, 0.717) is 39.2 Å². The van der Waals surface area contributed by atoms with Crippen LogP contribution in [0.3, 0.4) is 0 Å². The second-order valence-electron chi connectivity index (χ2n) is 7.48. The first-order valence-electron chi connectivity index (χ1n) is 10.1. The van der Waals surface area contributed by atoms with Crippen molar-refractivity contribution >= 4 is 27.9 Å². The molecule has 7 heteroatoms. The molecule has 2 aromatic heterocycles. The molecular formula is C26H17FO6. The zero-order valence-corrected chi connectivity index (χ0v) is 17.7. The van der Waals surface area contributed by atoms with Crippen molar-refractivity contribution in [1.29, 1.82) is 0 Å². The topological polar surface area (TPSA) is 78.9 Å². The van der Waals surface area contributed by atoms with E-state index in [2.05, 4.69) is 0 Å². The van der Waals surface area contributed by atoms with Crippen molar-refractivity contribution in [1.82, 2.24) is 0 Å². The van der Waals surface area contributed by atoms with Gasteiger partial charge in [-0.15, -0.1) is 0 Å². The Balaban J connectivity index is 1.64. The van der Waals surface area contributed by atoms with Crippen LogP contribution >= 0.6 is 0 Å². The number of rotatable bonds is 4. The molecule has 5 aromatic rings. The molecule has 6 nitrogen and oxygen atoms in total. The third-order valence-corrected chi connectivity index (χ3v) is 5.30. The molecule has 0 aliphatic heterocycles. The van der Waals surface area contributed by atoms with Gasteiger partial charge in [0, 0.05) is 22.4 Å². The van der Waals surface area contributed by atoms with Gasteiger partial charge in [-0.2, -0.15) is 0 Å². The summed E-state index contributed by atoms with van der Waals surface area (Å²) in [5.74, 6) is -0.000736. The number of fused-ring (bicyclic) bond motifs is 2. The zero-order chi connectivity index (χ0) is 23.1. The summed E-state index contributed by atoms with van der Waals surface area (Å²) in [6.45, 7) is 1.71. The molecule has 0 spiro atoms. The molecule has 0 saturated carbocycles. The fourth-order valence-electron chi connectivity index (χ4n) is 3.71. The highest BCUT2D eigenvalue weighted by atomic mass is 19.1. The van der Waals surface area contributed by atoms with Crippen molar-refractivity contribution in [2.45, 2.75) is 6.92 Å². The molecule has 164 valence electrons. The smallest absolute Gasteiger partial charge is 0.343 e. The van der Waals surface area contributed by atoms with Crippen molar-refractivity contribution < 1.29 is 27.5 Å². The highest BCUT2D eigenvalue weighted by Gasteiger charge is 2.18. The molecule has 2 heterocycles. The molecule has 0 aliphatic rings. The van der Waals surface area contributed by atoms with Crippen LogP contribution in [0.1, 0.15) is 15.9 Å². The van der Waals surface area contributed by atoms with Crippen molar-refractivity contribution in [2.75, 3.05) is 7.11 Å². The summed E-state index contributed by atoms with van der Waals surface area (Å²) in [6, 6.07) is 17.1. The van der Waals surface area contributed by atoms with Crippen LogP contribution in [0.4, 0.5) is 4.39 Å². The van der Waals surface area contributed by atoms with Crippen LogP contribution in [-0.4, -0.2) is 13.1 Å². The normalized spacial score (nSPS) is 11.1. The third kappa shape index (κ3) is 3.74. The summed E-state index contributed by atoms with van der Waals surface area (Å²) in [7, 11) is 1.55. The van der Waals surface area contributed by atoms with Crippen LogP contribution < -0.4 is 15.1 Å². The van der Waals surface area contributed by atoms with Gasteiger partial charge in [0.25, 0.3) is 0 Å². The summed E-state index contributed by atoms with van der Waals surface area (Å²) in [6.07, 6.45) is 0. The number of ether oxygens (including phenoxy) is 2. The van der Waals surface area contributed by atoms with Gasteiger partial charge < -0.3 is 18.3 Å². The van der Waals surface area contributed by atoms with Crippen molar-refractivity contribution in [2.24, 2.45) is 0 Å². The molecule has 3 aromatic carbocycles. The molecule has 0 fully saturated rings. The van der Waals surface area contributed by atoms with E-state index in [-0.39, 0.29) is 11.3 Å². The summed E-state index contributed by atoms with van der Waals surface area (Å²) in [4.78, 5) is 24.8. The molecule has 33 heavy (non-hydrogen) atoms. The third-order valence-electron chi connectivity index (χ3n) is 5.30. The number of hydrogen-bond acceptors (Lipinski definition) is 6. The van der Waals surface area contributed by atoms with Crippen molar-refractivity contribution in [3.63, 3.8) is 0 Å². The summed E-state index contributed by atoms with van der Waals surface area (Å²) in [5.41, 5.74) is 1.43. The van der Waals surface area contributed by atoms with E-state index in [1.165, 1.54) is 24.3 Å². The second-order valence-corrected chi connectivity index (χ2v) is 7.48. The maximum Gasteiger partial charge on any atom is 0.343 e. The first kappa shape index (κ1) is 20.5. The van der Waals surface area contributed by atoms with Crippen LogP contribution in [0.2, 0.25) is 0 Å². The molecule has 0 N–H and O–H groups in total. The zero-order valence-electron chi connectivity index (χ0n) is 17.7. The molecular weight excluding hydrogens is 427 g/mol. The standard InChI is InChI=1S/C26H17FO6/c1-14-9-22-18(12-21(14)33-26(29)16-6-3-7-17(27)10-16)19(13-24(28)31-22)23-11-15-5-4-8-20(30-2)25(15)32-23/h3-13H,1-2H3. The van der Waals surface area contributed by atoms with Gasteiger partial charge in [-0.3, -0.25) is 0 Å². The summed E-state index contributed by atoms with van der Waals surface area (Å²) < 4.78 is 35.8. The number of methoxy groups -OCH3 is 1. The van der Waals surface area contributed by atoms with Crippen LogP contribution in [0, 0.1) is 12.7 Å². The van der Waals surface area contributed by atoms with E-state index in [9.17, 15) is 14.0 Å². The molecule has 0 atom stereocenters. The van der Waals surface area contributed by atoms with Crippen LogP contribution in [-0.2, 0) is 0 Å². The fraction of sp³-hybridized carbons (Fsp3) is 0.0769. The number of halogens is 1. The Morgan fingerprint density at radius 3 is 2.55 bits per heavy atom. The molecule has 5 rings (SSSR count). The van der Waals surface area contributed by atoms with E-state index in [0.717, 1.165) is 11.5 Å². The SMILES string of the molecule is COc1cccc2cc(-c3cc(=O)oc4cc(C)c(OC(=O)c5cccc(F)c5)cc34)oc12. The van der Waals surface area contributed by atoms with E-state index in [4.69, 9.17) is 18.3 Å². The molecule has 0 radical (unpaired) electrons. The monoisotopic (exact) mass is 444 g/mol. The number of furan rings is 1. The van der Waals surface area contributed by atoms with Gasteiger partial charge in [-0.05, 0) is 55.0 Å². The summed E-state index contributed by atoms with van der Waals surface area (Å²) in [5, 5.41) is 1.32. The Kier molecular flexibility index (Phi) is 4.94. The predicted molar refractivity (Wildman–Crippen MR) is 120 cm³/mol. The molecule has 0 unspecified atom stereocenters. The van der Waals surface area contributed by atoms with Crippen molar-refractivity contribution in [3.8, 4) is 22.8 Å². The van der Waals surface area contributed by atoms with Crippen LogP contribution in [0.15, 0.2) is 80.4 Å². The lowest BCUT2D eigenvalue weighted by molar-refractivity contribution is 0.0733. The quantitative estimate of drug-likeness (QED) is 0.196. The Morgan fingerprint density at radius 2 is 1.76 bits per heavy atom. The average Bonchev–Trinajstić information content (AvgIpc) is 3.23. The lowest BCUT2D eigenvalue weighted by Gasteiger charge is -2.10. The first-order valence-corrected chi connectivity index (χ1v) is 10.1. The average molecular weight is 444 g/mol. The molecule has 0 aliphatic carbocycles. The largest absolute Gasteiger partial charge is 0.493 e. The minimum absolute atomic E-state index is 0.0821. The van der Waals surface area contributed by atoms with E-state index < -0.39 is 17.4 Å².